The Balaban J connectivity index is 1.60. The fourth-order valence-electron chi connectivity index (χ4n) is 2.14. The molecule has 8 heteroatoms. The number of esters is 1. The minimum absolute atomic E-state index is 0.0796. The molecule has 130 valence electrons. The minimum Gasteiger partial charge on any atom is -0.482 e. The third kappa shape index (κ3) is 4.42. The van der Waals surface area contributed by atoms with Crippen molar-refractivity contribution in [2.24, 2.45) is 0 Å². The predicted octanol–water partition coefficient (Wildman–Crippen LogP) is 2.23. The van der Waals surface area contributed by atoms with E-state index in [1.807, 2.05) is 25.1 Å². The van der Waals surface area contributed by atoms with Gasteiger partial charge >= 0.3 is 5.97 Å². The normalized spacial score (nSPS) is 10.8. The molecule has 0 aliphatic carbocycles. The molecular formula is C17H17N3O4S. The Morgan fingerprint density at radius 3 is 2.84 bits per heavy atom. The number of benzene rings is 1. The van der Waals surface area contributed by atoms with Crippen LogP contribution in [0, 0.1) is 0 Å². The van der Waals surface area contributed by atoms with Gasteiger partial charge in [-0.1, -0.05) is 36.5 Å². The average molecular weight is 359 g/mol. The zero-order chi connectivity index (χ0) is 17.6. The second-order valence-corrected chi connectivity index (χ2v) is 6.33. The number of ether oxygens (including phenoxy) is 2. The van der Waals surface area contributed by atoms with Gasteiger partial charge in [-0.2, -0.15) is 9.61 Å². The lowest BCUT2D eigenvalue weighted by molar-refractivity contribution is -0.147. The minimum atomic E-state index is -0.526. The van der Waals surface area contributed by atoms with Crippen molar-refractivity contribution >= 4 is 22.3 Å². The smallest absolute Gasteiger partial charge is 0.344 e. The van der Waals surface area contributed by atoms with Crippen molar-refractivity contribution in [3.63, 3.8) is 0 Å². The molecule has 0 saturated carbocycles. The van der Waals surface area contributed by atoms with Crippen LogP contribution in [0.3, 0.4) is 0 Å². The first kappa shape index (κ1) is 17.1. The van der Waals surface area contributed by atoms with E-state index >= 15 is 0 Å². The van der Waals surface area contributed by atoms with Gasteiger partial charge in [-0.25, -0.2) is 9.78 Å². The molecule has 0 aliphatic heterocycles. The van der Waals surface area contributed by atoms with Gasteiger partial charge in [0, 0.05) is 12.5 Å². The molecule has 25 heavy (non-hydrogen) atoms. The molecule has 7 nitrogen and oxygen atoms in total. The van der Waals surface area contributed by atoms with Crippen molar-refractivity contribution in [2.75, 3.05) is 6.61 Å². The topological polar surface area (TPSA) is 82.8 Å². The monoisotopic (exact) mass is 359 g/mol. The molecule has 0 N–H and O–H groups in total. The zero-order valence-electron chi connectivity index (χ0n) is 13.7. The molecule has 0 fully saturated rings. The summed E-state index contributed by atoms with van der Waals surface area (Å²) in [5.41, 5.74) is 0.111. The lowest BCUT2D eigenvalue weighted by Crippen LogP contribution is -2.18. The molecule has 3 aromatic rings. The quantitative estimate of drug-likeness (QED) is 0.602. The molecule has 0 bridgehead atoms. The van der Waals surface area contributed by atoms with E-state index in [-0.39, 0.29) is 18.8 Å². The van der Waals surface area contributed by atoms with Crippen LogP contribution in [0.15, 0.2) is 41.2 Å². The SMILES string of the molecule is CCCc1nn2c(=O)cc(COC(=O)COc3ccccc3)nc2s1. The van der Waals surface area contributed by atoms with E-state index in [4.69, 9.17) is 9.47 Å². The molecule has 2 heterocycles. The van der Waals surface area contributed by atoms with Crippen LogP contribution in [0.2, 0.25) is 0 Å². The van der Waals surface area contributed by atoms with Gasteiger partial charge in [-0.3, -0.25) is 4.79 Å². The number of para-hydroxylation sites is 1. The largest absolute Gasteiger partial charge is 0.482 e. The van der Waals surface area contributed by atoms with Gasteiger partial charge in [0.15, 0.2) is 6.61 Å². The van der Waals surface area contributed by atoms with Crippen molar-refractivity contribution in [2.45, 2.75) is 26.4 Å². The number of rotatable bonds is 7. The Labute approximate surface area is 147 Å². The van der Waals surface area contributed by atoms with Crippen LogP contribution in [0.4, 0.5) is 0 Å². The van der Waals surface area contributed by atoms with Crippen LogP contribution in [0.5, 0.6) is 5.75 Å². The van der Waals surface area contributed by atoms with E-state index < -0.39 is 5.97 Å². The number of aryl methyl sites for hydroxylation is 1. The van der Waals surface area contributed by atoms with Gasteiger partial charge in [0.05, 0.1) is 5.69 Å². The number of carbonyl (C=O) groups excluding carboxylic acids is 1. The van der Waals surface area contributed by atoms with Crippen LogP contribution in [-0.2, 0) is 22.6 Å². The summed E-state index contributed by atoms with van der Waals surface area (Å²) >= 11 is 1.37. The number of carbonyl (C=O) groups is 1. The van der Waals surface area contributed by atoms with Crippen LogP contribution in [-0.4, -0.2) is 27.2 Å². The molecule has 2 aromatic heterocycles. The maximum absolute atomic E-state index is 12.1. The van der Waals surface area contributed by atoms with E-state index in [0.717, 1.165) is 17.8 Å². The van der Waals surface area contributed by atoms with E-state index in [2.05, 4.69) is 10.1 Å². The number of aromatic nitrogens is 3. The van der Waals surface area contributed by atoms with Crippen LogP contribution >= 0.6 is 11.3 Å². The van der Waals surface area contributed by atoms with Crippen molar-refractivity contribution in [3.8, 4) is 5.75 Å². The van der Waals surface area contributed by atoms with E-state index in [0.29, 0.717) is 16.4 Å². The second kappa shape index (κ2) is 7.89. The Hall–Kier alpha value is -2.74. The summed E-state index contributed by atoms with van der Waals surface area (Å²) in [5.74, 6) is 0.0622. The van der Waals surface area contributed by atoms with Gasteiger partial charge in [0.25, 0.3) is 5.56 Å². The number of hydrogen-bond donors (Lipinski definition) is 0. The summed E-state index contributed by atoms with van der Waals surface area (Å²) in [4.78, 5) is 28.7. The molecule has 0 unspecified atom stereocenters. The lowest BCUT2D eigenvalue weighted by Gasteiger charge is -2.06. The van der Waals surface area contributed by atoms with Gasteiger partial charge < -0.3 is 9.47 Å². The maximum atomic E-state index is 12.1. The number of nitrogens with zero attached hydrogens (tertiary/aromatic N) is 3. The fraction of sp³-hybridized carbons (Fsp3) is 0.294. The molecule has 1 aromatic carbocycles. The summed E-state index contributed by atoms with van der Waals surface area (Å²) in [5, 5.41) is 5.09. The van der Waals surface area contributed by atoms with Crippen LogP contribution in [0.1, 0.15) is 24.0 Å². The third-order valence-electron chi connectivity index (χ3n) is 3.28. The van der Waals surface area contributed by atoms with E-state index in [9.17, 15) is 9.59 Å². The molecule has 0 amide bonds. The van der Waals surface area contributed by atoms with Gasteiger partial charge in [-0.05, 0) is 18.6 Å². The molecule has 0 aliphatic rings. The molecule has 0 saturated heterocycles. The third-order valence-corrected chi connectivity index (χ3v) is 4.25. The average Bonchev–Trinajstić information content (AvgIpc) is 3.02. The van der Waals surface area contributed by atoms with Gasteiger partial charge in [-0.15, -0.1) is 0 Å². The van der Waals surface area contributed by atoms with E-state index in [1.54, 1.807) is 12.1 Å². The highest BCUT2D eigenvalue weighted by Crippen LogP contribution is 2.13. The first-order valence-corrected chi connectivity index (χ1v) is 8.69. The summed E-state index contributed by atoms with van der Waals surface area (Å²) in [6, 6.07) is 10.3. The summed E-state index contributed by atoms with van der Waals surface area (Å²) in [7, 11) is 0. The van der Waals surface area contributed by atoms with Gasteiger partial charge in [0.2, 0.25) is 4.96 Å². The highest BCUT2D eigenvalue weighted by Gasteiger charge is 2.11. The van der Waals surface area contributed by atoms with Crippen LogP contribution in [0.25, 0.3) is 4.96 Å². The predicted molar refractivity (Wildman–Crippen MR) is 92.9 cm³/mol. The molecule has 0 atom stereocenters. The van der Waals surface area contributed by atoms with Crippen molar-refractivity contribution in [3.05, 3.63) is 57.5 Å². The highest BCUT2D eigenvalue weighted by molar-refractivity contribution is 7.16. The number of hydrogen-bond acceptors (Lipinski definition) is 7. The molecule has 0 radical (unpaired) electrons. The van der Waals surface area contributed by atoms with E-state index in [1.165, 1.54) is 21.9 Å². The van der Waals surface area contributed by atoms with Crippen LogP contribution < -0.4 is 10.3 Å². The second-order valence-electron chi connectivity index (χ2n) is 5.29. The van der Waals surface area contributed by atoms with Crippen molar-refractivity contribution in [1.29, 1.82) is 0 Å². The molecule has 3 rings (SSSR count). The molecular weight excluding hydrogens is 342 g/mol. The lowest BCUT2D eigenvalue weighted by atomic mass is 10.3. The fourth-order valence-corrected chi connectivity index (χ4v) is 3.16. The number of fused-ring (bicyclic) bond motifs is 1. The Morgan fingerprint density at radius 2 is 2.08 bits per heavy atom. The Bertz CT molecular complexity index is 921. The Kier molecular flexibility index (Phi) is 5.39. The summed E-state index contributed by atoms with van der Waals surface area (Å²) in [6.07, 6.45) is 1.75. The van der Waals surface area contributed by atoms with Crippen molar-refractivity contribution in [1.82, 2.24) is 14.6 Å². The summed E-state index contributed by atoms with van der Waals surface area (Å²) in [6.45, 7) is 1.76. The zero-order valence-corrected chi connectivity index (χ0v) is 14.5. The maximum Gasteiger partial charge on any atom is 0.344 e. The first-order chi connectivity index (χ1) is 12.2. The highest BCUT2D eigenvalue weighted by atomic mass is 32.1. The van der Waals surface area contributed by atoms with Crippen molar-refractivity contribution < 1.29 is 14.3 Å². The summed E-state index contributed by atoms with van der Waals surface area (Å²) < 4.78 is 11.7. The van der Waals surface area contributed by atoms with Gasteiger partial charge in [0.1, 0.15) is 17.4 Å². The first-order valence-electron chi connectivity index (χ1n) is 7.88. The Morgan fingerprint density at radius 1 is 1.28 bits per heavy atom. The standard InChI is InChI=1S/C17H17N3O4S/c1-2-6-14-19-20-15(21)9-12(18-17(20)25-14)10-24-16(22)11-23-13-7-4-3-5-8-13/h3-5,7-9H,2,6,10-11H2,1H3. The molecule has 0 spiro atoms.